The van der Waals surface area contributed by atoms with Gasteiger partial charge in [0.1, 0.15) is 17.8 Å². The Hall–Kier alpha value is -2.90. The number of hydrogen-bond acceptors (Lipinski definition) is 5. The summed E-state index contributed by atoms with van der Waals surface area (Å²) in [5.41, 5.74) is 8.68. The van der Waals surface area contributed by atoms with E-state index in [4.69, 9.17) is 28.9 Å². The first kappa shape index (κ1) is 15.6. The van der Waals surface area contributed by atoms with Gasteiger partial charge in [0.05, 0.1) is 16.4 Å². The van der Waals surface area contributed by atoms with Crippen LogP contribution in [0.15, 0.2) is 48.9 Å². The molecule has 3 heterocycles. The van der Waals surface area contributed by atoms with Crippen LogP contribution in [-0.2, 0) is 0 Å². The number of aromatic amines is 1. The zero-order chi connectivity index (χ0) is 17.4. The molecular formula is C16H11Cl2N7. The van der Waals surface area contributed by atoms with Crippen molar-refractivity contribution in [1.82, 2.24) is 29.9 Å². The summed E-state index contributed by atoms with van der Waals surface area (Å²) in [6, 6.07) is 10.7. The van der Waals surface area contributed by atoms with Gasteiger partial charge in [-0.2, -0.15) is 10.2 Å². The lowest BCUT2D eigenvalue weighted by atomic mass is 10.2. The maximum atomic E-state index is 6.36. The molecule has 0 bridgehead atoms. The lowest BCUT2D eigenvalue weighted by Gasteiger charge is -2.08. The molecule has 0 unspecified atom stereocenters. The maximum Gasteiger partial charge on any atom is 0.174 e. The predicted molar refractivity (Wildman–Crippen MR) is 96.6 cm³/mol. The number of hydrogen-bond donors (Lipinski definition) is 2. The highest BCUT2D eigenvalue weighted by atomic mass is 35.5. The van der Waals surface area contributed by atoms with Gasteiger partial charge in [-0.1, -0.05) is 23.2 Å². The Kier molecular flexibility index (Phi) is 3.87. The number of nitrogen functional groups attached to an aromatic ring is 1. The molecule has 0 spiro atoms. The Labute approximate surface area is 152 Å². The summed E-state index contributed by atoms with van der Waals surface area (Å²) < 4.78 is 1.69. The molecule has 124 valence electrons. The second-order valence-corrected chi connectivity index (χ2v) is 6.07. The van der Waals surface area contributed by atoms with Gasteiger partial charge in [-0.3, -0.25) is 5.10 Å². The van der Waals surface area contributed by atoms with E-state index < -0.39 is 0 Å². The van der Waals surface area contributed by atoms with Crippen molar-refractivity contribution in [3.8, 4) is 28.5 Å². The molecule has 3 aromatic heterocycles. The van der Waals surface area contributed by atoms with Crippen LogP contribution in [0.5, 0.6) is 0 Å². The monoisotopic (exact) mass is 371 g/mol. The fraction of sp³-hybridized carbons (Fsp3) is 0. The van der Waals surface area contributed by atoms with Crippen molar-refractivity contribution in [3.05, 3.63) is 59.0 Å². The van der Waals surface area contributed by atoms with Gasteiger partial charge >= 0.3 is 0 Å². The van der Waals surface area contributed by atoms with Crippen LogP contribution in [0, 0.1) is 0 Å². The number of anilines is 1. The Morgan fingerprint density at radius 2 is 1.92 bits per heavy atom. The minimum Gasteiger partial charge on any atom is -0.384 e. The summed E-state index contributed by atoms with van der Waals surface area (Å²) in [5.74, 6) is 0.976. The van der Waals surface area contributed by atoms with Crippen LogP contribution >= 0.6 is 23.2 Å². The highest BCUT2D eigenvalue weighted by molar-refractivity contribution is 6.35. The van der Waals surface area contributed by atoms with Crippen molar-refractivity contribution >= 4 is 29.0 Å². The molecule has 0 saturated heterocycles. The highest BCUT2D eigenvalue weighted by Crippen LogP contribution is 2.31. The van der Waals surface area contributed by atoms with Gasteiger partial charge < -0.3 is 5.73 Å². The van der Waals surface area contributed by atoms with Gasteiger partial charge in [-0.05, 0) is 36.4 Å². The molecule has 0 fully saturated rings. The van der Waals surface area contributed by atoms with E-state index in [0.29, 0.717) is 38.8 Å². The lowest BCUT2D eigenvalue weighted by Crippen LogP contribution is -2.01. The van der Waals surface area contributed by atoms with Crippen LogP contribution in [0.2, 0.25) is 10.0 Å². The van der Waals surface area contributed by atoms with Crippen molar-refractivity contribution in [2.24, 2.45) is 0 Å². The van der Waals surface area contributed by atoms with E-state index in [-0.39, 0.29) is 0 Å². The minimum atomic E-state index is 0.415. The molecule has 1 aromatic carbocycles. The molecule has 3 N–H and O–H groups in total. The largest absolute Gasteiger partial charge is 0.384 e. The number of aromatic nitrogens is 6. The van der Waals surface area contributed by atoms with Crippen LogP contribution in [0.1, 0.15) is 0 Å². The average Bonchev–Trinajstić information content (AvgIpc) is 3.24. The summed E-state index contributed by atoms with van der Waals surface area (Å²) in [6.45, 7) is 0. The number of H-pyrrole nitrogens is 1. The first-order valence-electron chi connectivity index (χ1n) is 7.25. The van der Waals surface area contributed by atoms with Gasteiger partial charge in [0, 0.05) is 16.8 Å². The topological polar surface area (TPSA) is 98.3 Å². The van der Waals surface area contributed by atoms with Crippen LogP contribution in [0.25, 0.3) is 28.5 Å². The van der Waals surface area contributed by atoms with E-state index >= 15 is 0 Å². The van der Waals surface area contributed by atoms with Crippen molar-refractivity contribution in [3.63, 3.8) is 0 Å². The van der Waals surface area contributed by atoms with E-state index in [2.05, 4.69) is 25.3 Å². The standard InChI is InChI=1S/C16H11Cl2N7/c17-10-1-2-13(11(18)6-10)25-14(16-21-8-22-23-16)7-12(24-25)9-3-4-20-15(19)5-9/h1-8H,(H2,19,20)(H,21,22,23). The van der Waals surface area contributed by atoms with Crippen molar-refractivity contribution in [2.45, 2.75) is 0 Å². The van der Waals surface area contributed by atoms with Crippen LogP contribution in [0.3, 0.4) is 0 Å². The lowest BCUT2D eigenvalue weighted by molar-refractivity contribution is 0.882. The molecule has 0 atom stereocenters. The van der Waals surface area contributed by atoms with E-state index in [9.17, 15) is 0 Å². The third kappa shape index (κ3) is 2.95. The van der Waals surface area contributed by atoms with Crippen LogP contribution in [-0.4, -0.2) is 29.9 Å². The Morgan fingerprint density at radius 1 is 1.04 bits per heavy atom. The first-order valence-corrected chi connectivity index (χ1v) is 8.00. The zero-order valence-electron chi connectivity index (χ0n) is 12.7. The number of nitrogens with zero attached hydrogens (tertiary/aromatic N) is 5. The fourth-order valence-electron chi connectivity index (χ4n) is 2.46. The second kappa shape index (κ2) is 6.19. The Morgan fingerprint density at radius 3 is 2.64 bits per heavy atom. The van der Waals surface area contributed by atoms with Gasteiger partial charge in [0.15, 0.2) is 5.82 Å². The Bertz CT molecular complexity index is 1040. The maximum absolute atomic E-state index is 6.36. The molecule has 7 nitrogen and oxygen atoms in total. The molecule has 0 radical (unpaired) electrons. The molecule has 0 aliphatic carbocycles. The summed E-state index contributed by atoms with van der Waals surface area (Å²) in [5, 5.41) is 12.4. The van der Waals surface area contributed by atoms with Crippen molar-refractivity contribution < 1.29 is 0 Å². The number of benzene rings is 1. The summed E-state index contributed by atoms with van der Waals surface area (Å²) in [6.07, 6.45) is 3.06. The Balaban J connectivity index is 1.93. The summed E-state index contributed by atoms with van der Waals surface area (Å²) in [7, 11) is 0. The SMILES string of the molecule is Nc1cc(-c2cc(-c3ncn[nH]3)n(-c3ccc(Cl)cc3Cl)n2)ccn1. The molecule has 9 heteroatoms. The number of nitrogens with two attached hydrogens (primary N) is 1. The molecule has 0 saturated carbocycles. The predicted octanol–water partition coefficient (Wildman–Crippen LogP) is 3.61. The normalized spacial score (nSPS) is 11.0. The quantitative estimate of drug-likeness (QED) is 0.573. The molecule has 4 aromatic rings. The molecule has 25 heavy (non-hydrogen) atoms. The summed E-state index contributed by atoms with van der Waals surface area (Å²) in [4.78, 5) is 8.22. The summed E-state index contributed by atoms with van der Waals surface area (Å²) >= 11 is 12.4. The minimum absolute atomic E-state index is 0.415. The molecule has 0 amide bonds. The van der Waals surface area contributed by atoms with Crippen LogP contribution < -0.4 is 5.73 Å². The van der Waals surface area contributed by atoms with Crippen molar-refractivity contribution in [2.75, 3.05) is 5.73 Å². The smallest absolute Gasteiger partial charge is 0.174 e. The number of rotatable bonds is 3. The zero-order valence-corrected chi connectivity index (χ0v) is 14.2. The second-order valence-electron chi connectivity index (χ2n) is 5.23. The third-order valence-electron chi connectivity index (χ3n) is 3.58. The first-order chi connectivity index (χ1) is 12.1. The molecular weight excluding hydrogens is 361 g/mol. The van der Waals surface area contributed by atoms with E-state index in [1.54, 1.807) is 35.1 Å². The van der Waals surface area contributed by atoms with E-state index in [1.807, 2.05) is 12.1 Å². The number of pyridine rings is 1. The van der Waals surface area contributed by atoms with Crippen LogP contribution in [0.4, 0.5) is 5.82 Å². The molecule has 4 rings (SSSR count). The van der Waals surface area contributed by atoms with E-state index in [0.717, 1.165) is 5.56 Å². The molecule has 0 aliphatic heterocycles. The van der Waals surface area contributed by atoms with E-state index in [1.165, 1.54) is 6.33 Å². The number of nitrogens with one attached hydrogen (secondary N) is 1. The number of halogens is 2. The molecule has 0 aliphatic rings. The van der Waals surface area contributed by atoms with Gasteiger partial charge in [0.25, 0.3) is 0 Å². The van der Waals surface area contributed by atoms with Crippen molar-refractivity contribution in [1.29, 1.82) is 0 Å². The van der Waals surface area contributed by atoms with Gasteiger partial charge in [0.2, 0.25) is 0 Å². The highest BCUT2D eigenvalue weighted by Gasteiger charge is 2.17. The fourth-order valence-corrected chi connectivity index (χ4v) is 2.95. The van der Waals surface area contributed by atoms with Gasteiger partial charge in [-0.25, -0.2) is 14.6 Å². The average molecular weight is 372 g/mol. The third-order valence-corrected chi connectivity index (χ3v) is 4.12. The van der Waals surface area contributed by atoms with Gasteiger partial charge in [-0.15, -0.1) is 0 Å².